The predicted octanol–water partition coefficient (Wildman–Crippen LogP) is 6.12. The van der Waals surface area contributed by atoms with Crippen LogP contribution in [0.1, 0.15) is 42.5 Å². The molecule has 0 saturated carbocycles. The van der Waals surface area contributed by atoms with Crippen LogP contribution in [0.25, 0.3) is 11.0 Å². The number of halogens is 1. The first kappa shape index (κ1) is 30.2. The first-order chi connectivity index (χ1) is 21.3. The molecule has 1 atom stereocenters. The summed E-state index contributed by atoms with van der Waals surface area (Å²) < 4.78 is 27.3. The van der Waals surface area contributed by atoms with Gasteiger partial charge in [-0.2, -0.15) is 0 Å². The molecule has 9 nitrogen and oxygen atoms in total. The number of carbonyl (C=O) groups is 2. The van der Waals surface area contributed by atoms with Crippen LogP contribution in [0.4, 0.5) is 10.1 Å². The smallest absolute Gasteiger partial charge is 0.251 e. The van der Waals surface area contributed by atoms with Gasteiger partial charge in [0.15, 0.2) is 0 Å². The lowest BCUT2D eigenvalue weighted by atomic mass is 9.97. The maximum absolute atomic E-state index is 15.0. The lowest BCUT2D eigenvalue weighted by molar-refractivity contribution is -0.140. The molecule has 0 aliphatic rings. The van der Waals surface area contributed by atoms with Gasteiger partial charge < -0.3 is 19.7 Å². The zero-order valence-corrected chi connectivity index (χ0v) is 25.0. The van der Waals surface area contributed by atoms with Crippen LogP contribution in [-0.2, 0) is 22.7 Å². The Balaban J connectivity index is 1.59. The van der Waals surface area contributed by atoms with E-state index in [1.165, 1.54) is 29.9 Å². The second kappa shape index (κ2) is 13.4. The molecule has 5 aromatic rings. The van der Waals surface area contributed by atoms with Crippen molar-refractivity contribution in [3.63, 3.8) is 0 Å². The van der Waals surface area contributed by atoms with Crippen LogP contribution in [0.3, 0.4) is 0 Å². The number of anilines is 1. The van der Waals surface area contributed by atoms with Crippen LogP contribution in [0.2, 0.25) is 0 Å². The highest BCUT2D eigenvalue weighted by atomic mass is 19.1. The molecule has 1 N–H and O–H groups in total. The third-order valence-electron chi connectivity index (χ3n) is 7.47. The Morgan fingerprint density at radius 1 is 0.909 bits per heavy atom. The molecule has 0 saturated heterocycles. The summed E-state index contributed by atoms with van der Waals surface area (Å²) in [6.45, 7) is 3.77. The number of methoxy groups -OCH3 is 2. The second-order valence-corrected chi connectivity index (χ2v) is 10.6. The van der Waals surface area contributed by atoms with Crippen LogP contribution < -0.4 is 14.8 Å². The number of benzene rings is 4. The molecule has 0 aliphatic heterocycles. The van der Waals surface area contributed by atoms with E-state index in [1.54, 1.807) is 42.5 Å². The van der Waals surface area contributed by atoms with Crippen molar-refractivity contribution in [2.45, 2.75) is 38.9 Å². The lowest BCUT2D eigenvalue weighted by Crippen LogP contribution is -2.42. The van der Waals surface area contributed by atoms with E-state index in [9.17, 15) is 9.59 Å². The molecule has 0 fully saturated rings. The first-order valence-electron chi connectivity index (χ1n) is 14.2. The van der Waals surface area contributed by atoms with Gasteiger partial charge >= 0.3 is 0 Å². The van der Waals surface area contributed by atoms with E-state index in [0.29, 0.717) is 33.8 Å². The molecule has 4 aromatic carbocycles. The number of nitrogens with zero attached hydrogens (tertiary/aromatic N) is 4. The van der Waals surface area contributed by atoms with E-state index in [0.717, 1.165) is 5.56 Å². The van der Waals surface area contributed by atoms with E-state index in [-0.39, 0.29) is 24.6 Å². The van der Waals surface area contributed by atoms with Crippen molar-refractivity contribution in [2.75, 3.05) is 19.5 Å². The number of hydrogen-bond donors (Lipinski definition) is 1. The van der Waals surface area contributed by atoms with Gasteiger partial charge in [-0.1, -0.05) is 73.7 Å². The van der Waals surface area contributed by atoms with Crippen LogP contribution >= 0.6 is 0 Å². The van der Waals surface area contributed by atoms with Gasteiger partial charge in [0.05, 0.1) is 25.4 Å². The summed E-state index contributed by atoms with van der Waals surface area (Å²) in [6.07, 6.45) is 0. The maximum atomic E-state index is 15.0. The Bertz CT molecular complexity index is 1770. The minimum Gasteiger partial charge on any atom is -0.497 e. The Kier molecular flexibility index (Phi) is 9.18. The van der Waals surface area contributed by atoms with Gasteiger partial charge in [-0.25, -0.2) is 9.07 Å². The van der Waals surface area contributed by atoms with Crippen molar-refractivity contribution in [2.24, 2.45) is 0 Å². The summed E-state index contributed by atoms with van der Waals surface area (Å²) in [4.78, 5) is 29.9. The van der Waals surface area contributed by atoms with Gasteiger partial charge in [0.25, 0.3) is 5.91 Å². The molecule has 0 aliphatic carbocycles. The van der Waals surface area contributed by atoms with E-state index in [2.05, 4.69) is 29.5 Å². The number of carbonyl (C=O) groups excluding carboxylic acids is 2. The number of aromatic nitrogens is 3. The van der Waals surface area contributed by atoms with E-state index < -0.39 is 23.7 Å². The predicted molar refractivity (Wildman–Crippen MR) is 166 cm³/mol. The fraction of sp³-hybridized carbons (Fsp3) is 0.235. The number of amides is 2. The molecule has 0 bridgehead atoms. The quantitative estimate of drug-likeness (QED) is 0.198. The molecular weight excluding hydrogens is 561 g/mol. The van der Waals surface area contributed by atoms with Crippen molar-refractivity contribution in [3.05, 3.63) is 114 Å². The maximum Gasteiger partial charge on any atom is 0.251 e. The molecule has 44 heavy (non-hydrogen) atoms. The SMILES string of the molecule is COc1ccc(NC(=O)C(c2ccc(C(C)C)cc2)N(Cc2ccccc2F)C(=O)Cn2nnc3ccccc32)c(OC)c1. The van der Waals surface area contributed by atoms with Gasteiger partial charge in [-0.3, -0.25) is 9.59 Å². The van der Waals surface area contributed by atoms with Crippen molar-refractivity contribution >= 4 is 28.5 Å². The molecule has 2 amide bonds. The van der Waals surface area contributed by atoms with Crippen LogP contribution in [0, 0.1) is 5.82 Å². The Morgan fingerprint density at radius 3 is 2.32 bits per heavy atom. The number of para-hydroxylation sites is 1. The number of fused-ring (bicyclic) bond motifs is 1. The molecule has 0 spiro atoms. The van der Waals surface area contributed by atoms with Gasteiger partial charge in [-0.15, -0.1) is 5.10 Å². The van der Waals surface area contributed by atoms with Crippen LogP contribution in [-0.4, -0.2) is 45.9 Å². The largest absolute Gasteiger partial charge is 0.497 e. The monoisotopic (exact) mass is 595 g/mol. The highest BCUT2D eigenvalue weighted by Crippen LogP contribution is 2.32. The summed E-state index contributed by atoms with van der Waals surface area (Å²) in [5, 5.41) is 11.3. The Labute approximate surface area is 255 Å². The second-order valence-electron chi connectivity index (χ2n) is 10.6. The minimum atomic E-state index is -1.13. The molecule has 1 aromatic heterocycles. The highest BCUT2D eigenvalue weighted by molar-refractivity contribution is 5.99. The van der Waals surface area contributed by atoms with E-state index in [1.807, 2.05) is 42.5 Å². The molecular formula is C34H34FN5O4. The average Bonchev–Trinajstić information content (AvgIpc) is 3.44. The number of hydrogen-bond acceptors (Lipinski definition) is 6. The fourth-order valence-electron chi connectivity index (χ4n) is 5.03. The average molecular weight is 596 g/mol. The van der Waals surface area contributed by atoms with Gasteiger partial charge in [0.2, 0.25) is 5.91 Å². The third-order valence-corrected chi connectivity index (χ3v) is 7.47. The highest BCUT2D eigenvalue weighted by Gasteiger charge is 2.33. The summed E-state index contributed by atoms with van der Waals surface area (Å²) in [7, 11) is 3.03. The van der Waals surface area contributed by atoms with Crippen LogP contribution in [0.5, 0.6) is 11.5 Å². The lowest BCUT2D eigenvalue weighted by Gasteiger charge is -2.32. The van der Waals surface area contributed by atoms with Crippen molar-refractivity contribution in [3.8, 4) is 11.5 Å². The number of ether oxygens (including phenoxy) is 2. The fourth-order valence-corrected chi connectivity index (χ4v) is 5.03. The molecule has 1 heterocycles. The van der Waals surface area contributed by atoms with Gasteiger partial charge in [0, 0.05) is 18.2 Å². The summed E-state index contributed by atoms with van der Waals surface area (Å²) in [5.41, 5.74) is 3.59. The molecule has 1 unspecified atom stereocenters. The summed E-state index contributed by atoms with van der Waals surface area (Å²) in [6, 6.07) is 24.9. The molecule has 0 radical (unpaired) electrons. The zero-order valence-electron chi connectivity index (χ0n) is 25.0. The Morgan fingerprint density at radius 2 is 1.61 bits per heavy atom. The first-order valence-corrected chi connectivity index (χ1v) is 14.2. The normalized spacial score (nSPS) is 11.8. The van der Waals surface area contributed by atoms with Gasteiger partial charge in [-0.05, 0) is 47.4 Å². The number of rotatable bonds is 11. The number of nitrogens with one attached hydrogen (secondary N) is 1. The van der Waals surface area contributed by atoms with E-state index in [4.69, 9.17) is 9.47 Å². The van der Waals surface area contributed by atoms with Crippen molar-refractivity contribution in [1.82, 2.24) is 19.9 Å². The van der Waals surface area contributed by atoms with Crippen LogP contribution in [0.15, 0.2) is 91.0 Å². The Hall–Kier alpha value is -5.25. The molecule has 5 rings (SSSR count). The van der Waals surface area contributed by atoms with E-state index >= 15 is 4.39 Å². The van der Waals surface area contributed by atoms with Crippen molar-refractivity contribution < 1.29 is 23.5 Å². The summed E-state index contributed by atoms with van der Waals surface area (Å²) in [5.74, 6) is -0.235. The minimum absolute atomic E-state index is 0.165. The molecule has 226 valence electrons. The third kappa shape index (κ3) is 6.54. The van der Waals surface area contributed by atoms with Gasteiger partial charge in [0.1, 0.15) is 35.4 Å². The zero-order chi connectivity index (χ0) is 31.2. The van der Waals surface area contributed by atoms with Crippen molar-refractivity contribution in [1.29, 1.82) is 0 Å². The topological polar surface area (TPSA) is 98.6 Å². The molecule has 10 heteroatoms. The standard InChI is InChI=1S/C34H34FN5O4/c1-22(2)23-13-15-24(16-14-23)33(34(42)36-29-18-17-26(43-3)19-31(29)44-4)39(20-25-9-5-6-10-27(25)35)32(41)21-40-30-12-8-7-11-28(30)37-38-40/h5-19,22,33H,20-21H2,1-4H3,(H,36,42). The summed E-state index contributed by atoms with van der Waals surface area (Å²) >= 11 is 0.